The van der Waals surface area contributed by atoms with E-state index < -0.39 is 17.7 Å². The van der Waals surface area contributed by atoms with E-state index in [1.807, 2.05) is 0 Å². The summed E-state index contributed by atoms with van der Waals surface area (Å²) in [6, 6.07) is 0. The second kappa shape index (κ2) is 7.53. The van der Waals surface area contributed by atoms with E-state index in [-0.39, 0.29) is 31.4 Å². The van der Waals surface area contributed by atoms with Gasteiger partial charge in [0.2, 0.25) is 17.7 Å². The van der Waals surface area contributed by atoms with E-state index in [1.165, 1.54) is 0 Å². The van der Waals surface area contributed by atoms with Crippen molar-refractivity contribution < 1.29 is 23.1 Å². The Kier molecular flexibility index (Phi) is 5.91. The van der Waals surface area contributed by atoms with Gasteiger partial charge in [0.25, 0.3) is 0 Å². The Bertz CT molecular complexity index is 448. The van der Waals surface area contributed by atoms with E-state index in [9.17, 15) is 18.4 Å². The molecule has 23 heavy (non-hydrogen) atoms. The van der Waals surface area contributed by atoms with E-state index >= 15 is 0 Å². The van der Waals surface area contributed by atoms with Crippen LogP contribution in [0.25, 0.3) is 0 Å². The molecular weight excluding hydrogens is 308 g/mol. The van der Waals surface area contributed by atoms with Crippen molar-refractivity contribution in [2.24, 2.45) is 11.7 Å². The van der Waals surface area contributed by atoms with Crippen LogP contribution < -0.4 is 5.73 Å². The monoisotopic (exact) mass is 333 g/mol. The number of hydrogen-bond acceptors (Lipinski definition) is 4. The normalized spacial score (nSPS) is 27.9. The lowest BCUT2D eigenvalue weighted by Crippen LogP contribution is -2.52. The van der Waals surface area contributed by atoms with Crippen molar-refractivity contribution in [3.8, 4) is 0 Å². The molecule has 8 heteroatoms. The number of nitrogens with two attached hydrogens (primary N) is 1. The van der Waals surface area contributed by atoms with E-state index in [0.717, 1.165) is 0 Å². The highest BCUT2D eigenvalue weighted by Gasteiger charge is 2.41. The van der Waals surface area contributed by atoms with Crippen molar-refractivity contribution in [3.63, 3.8) is 0 Å². The van der Waals surface area contributed by atoms with Gasteiger partial charge in [0.1, 0.15) is 0 Å². The van der Waals surface area contributed by atoms with Crippen LogP contribution in [0.1, 0.15) is 25.7 Å². The molecule has 2 amide bonds. The zero-order valence-electron chi connectivity index (χ0n) is 13.5. The molecule has 0 unspecified atom stereocenters. The summed E-state index contributed by atoms with van der Waals surface area (Å²) in [6.07, 6.45) is 0.202. The van der Waals surface area contributed by atoms with Crippen LogP contribution >= 0.6 is 0 Å². The van der Waals surface area contributed by atoms with Gasteiger partial charge in [-0.05, 0) is 19.9 Å². The first-order chi connectivity index (χ1) is 10.8. The zero-order chi connectivity index (χ0) is 17.0. The molecule has 132 valence electrons. The molecule has 2 rings (SSSR count). The van der Waals surface area contributed by atoms with Crippen molar-refractivity contribution >= 4 is 11.8 Å². The van der Waals surface area contributed by atoms with Crippen LogP contribution in [0.2, 0.25) is 0 Å². The third-order valence-electron chi connectivity index (χ3n) is 4.38. The summed E-state index contributed by atoms with van der Waals surface area (Å²) in [5.41, 5.74) is 5.14. The molecule has 2 fully saturated rings. The van der Waals surface area contributed by atoms with Crippen LogP contribution in [0.5, 0.6) is 0 Å². The van der Waals surface area contributed by atoms with Crippen LogP contribution in [0.3, 0.4) is 0 Å². The third kappa shape index (κ3) is 5.39. The lowest BCUT2D eigenvalue weighted by atomic mass is 9.85. The Labute approximate surface area is 134 Å². The maximum absolute atomic E-state index is 13.5. The minimum absolute atomic E-state index is 0.114. The average Bonchev–Trinajstić information content (AvgIpc) is 2.44. The summed E-state index contributed by atoms with van der Waals surface area (Å²) < 4.78 is 32.6. The average molecular weight is 333 g/mol. The Morgan fingerprint density at radius 1 is 1.43 bits per heavy atom. The van der Waals surface area contributed by atoms with Gasteiger partial charge in [0.05, 0.1) is 19.3 Å². The Balaban J connectivity index is 1.87. The van der Waals surface area contributed by atoms with Crippen molar-refractivity contribution in [3.05, 3.63) is 0 Å². The van der Waals surface area contributed by atoms with Gasteiger partial charge < -0.3 is 15.4 Å². The van der Waals surface area contributed by atoms with Crippen LogP contribution in [0.4, 0.5) is 8.78 Å². The van der Waals surface area contributed by atoms with Gasteiger partial charge in [-0.2, -0.15) is 0 Å². The van der Waals surface area contributed by atoms with Crippen molar-refractivity contribution in [2.45, 2.75) is 37.7 Å². The molecule has 6 nitrogen and oxygen atoms in total. The first-order valence-electron chi connectivity index (χ1n) is 8.02. The van der Waals surface area contributed by atoms with Gasteiger partial charge in [0, 0.05) is 38.4 Å². The Hall–Kier alpha value is -1.28. The van der Waals surface area contributed by atoms with Gasteiger partial charge in [0.15, 0.2) is 0 Å². The second-order valence-electron chi connectivity index (χ2n) is 6.59. The molecule has 0 spiro atoms. The molecule has 0 bridgehead atoms. The molecule has 2 atom stereocenters. The lowest BCUT2D eigenvalue weighted by molar-refractivity contribution is -0.150. The molecule has 2 aliphatic rings. The first kappa shape index (κ1) is 18.1. The smallest absolute Gasteiger partial charge is 0.248 e. The fourth-order valence-electron chi connectivity index (χ4n) is 3.35. The van der Waals surface area contributed by atoms with Crippen molar-refractivity contribution in [1.82, 2.24) is 9.80 Å². The summed E-state index contributed by atoms with van der Waals surface area (Å²) in [6.45, 7) is 1.75. The number of nitrogens with zero attached hydrogens (tertiary/aromatic N) is 2. The molecule has 1 aliphatic carbocycles. The summed E-state index contributed by atoms with van der Waals surface area (Å²) in [5, 5.41) is 0. The highest BCUT2D eigenvalue weighted by Crippen LogP contribution is 2.37. The molecule has 1 saturated carbocycles. The van der Waals surface area contributed by atoms with Crippen LogP contribution in [-0.2, 0) is 14.3 Å². The molecule has 0 aromatic carbocycles. The fourth-order valence-corrected chi connectivity index (χ4v) is 3.35. The number of likely N-dealkylation sites (N-methyl/N-ethyl adjacent to an activating group) is 1. The highest BCUT2D eigenvalue weighted by molar-refractivity contribution is 5.79. The maximum atomic E-state index is 13.5. The number of morpholine rings is 1. The quantitative estimate of drug-likeness (QED) is 0.793. The number of halogens is 2. The number of hydrogen-bond donors (Lipinski definition) is 1. The molecular formula is C15H25F2N3O3. The van der Waals surface area contributed by atoms with Gasteiger partial charge in [-0.1, -0.05) is 0 Å². The number of ether oxygens (including phenoxy) is 1. The van der Waals surface area contributed by atoms with Gasteiger partial charge >= 0.3 is 0 Å². The fraction of sp³-hybridized carbons (Fsp3) is 0.867. The number of amides is 2. The Morgan fingerprint density at radius 2 is 2.17 bits per heavy atom. The minimum Gasteiger partial charge on any atom is -0.373 e. The van der Waals surface area contributed by atoms with Crippen LogP contribution in [-0.4, -0.2) is 73.5 Å². The number of alkyl halides is 2. The highest BCUT2D eigenvalue weighted by atomic mass is 19.3. The van der Waals surface area contributed by atoms with E-state index in [2.05, 4.69) is 0 Å². The van der Waals surface area contributed by atoms with E-state index in [1.54, 1.807) is 16.8 Å². The van der Waals surface area contributed by atoms with E-state index in [0.29, 0.717) is 39.1 Å². The van der Waals surface area contributed by atoms with E-state index in [4.69, 9.17) is 10.5 Å². The Morgan fingerprint density at radius 3 is 2.83 bits per heavy atom. The standard InChI is InChI=1S/C15H25F2N3O3/c1-19(10-13(18)21)8-12-9-20(5-6-23-12)14(22)11-3-2-4-15(16,17)7-11/h11-12H,2-10H2,1H3,(H2,18,21)/t11-,12+/m1/s1. The van der Waals surface area contributed by atoms with Crippen molar-refractivity contribution in [2.75, 3.05) is 39.8 Å². The summed E-state index contributed by atoms with van der Waals surface area (Å²) in [4.78, 5) is 26.8. The number of carbonyl (C=O) groups excluding carboxylic acids is 2. The van der Waals surface area contributed by atoms with Crippen LogP contribution in [0, 0.1) is 5.92 Å². The number of primary amides is 1. The third-order valence-corrected chi connectivity index (χ3v) is 4.38. The SMILES string of the molecule is CN(CC(N)=O)C[C@H]1CN(C(=O)[C@@H]2CCCC(F)(F)C2)CCO1. The number of carbonyl (C=O) groups is 2. The second-order valence-corrected chi connectivity index (χ2v) is 6.59. The van der Waals surface area contributed by atoms with Gasteiger partial charge in [-0.25, -0.2) is 8.78 Å². The van der Waals surface area contributed by atoms with Crippen LogP contribution in [0.15, 0.2) is 0 Å². The molecule has 1 aliphatic heterocycles. The molecule has 1 saturated heterocycles. The zero-order valence-corrected chi connectivity index (χ0v) is 13.5. The summed E-state index contributed by atoms with van der Waals surface area (Å²) in [7, 11) is 1.75. The number of rotatable bonds is 5. The summed E-state index contributed by atoms with van der Waals surface area (Å²) in [5.74, 6) is -3.96. The molecule has 0 aromatic rings. The lowest BCUT2D eigenvalue weighted by Gasteiger charge is -2.38. The van der Waals surface area contributed by atoms with Gasteiger partial charge in [-0.15, -0.1) is 0 Å². The predicted octanol–water partition coefficient (Wildman–Crippen LogP) is 0.456. The summed E-state index contributed by atoms with van der Waals surface area (Å²) >= 11 is 0. The maximum Gasteiger partial charge on any atom is 0.248 e. The van der Waals surface area contributed by atoms with Gasteiger partial charge in [-0.3, -0.25) is 14.5 Å². The molecule has 2 N–H and O–H groups in total. The largest absolute Gasteiger partial charge is 0.373 e. The minimum atomic E-state index is -2.73. The molecule has 1 heterocycles. The topological polar surface area (TPSA) is 75.9 Å². The van der Waals surface area contributed by atoms with Crippen molar-refractivity contribution in [1.29, 1.82) is 0 Å². The first-order valence-corrected chi connectivity index (χ1v) is 8.02. The predicted molar refractivity (Wildman–Crippen MR) is 79.9 cm³/mol. The molecule has 0 radical (unpaired) electrons. The molecule has 0 aromatic heterocycles.